The normalized spacial score (nSPS) is 12.4. The van der Waals surface area contributed by atoms with Gasteiger partial charge in [-0.15, -0.1) is 12.4 Å². The summed E-state index contributed by atoms with van der Waals surface area (Å²) in [5, 5.41) is -0.0867. The zero-order valence-electron chi connectivity index (χ0n) is 9.84. The molecule has 0 bridgehead atoms. The average Bonchev–Trinajstić information content (AvgIpc) is 2.21. The van der Waals surface area contributed by atoms with Crippen LogP contribution in [0, 0.1) is 17.6 Å². The van der Waals surface area contributed by atoms with Gasteiger partial charge in [0.2, 0.25) is 0 Å². The van der Waals surface area contributed by atoms with Crippen molar-refractivity contribution in [1.82, 2.24) is 0 Å². The minimum Gasteiger partial charge on any atom is -0.324 e. The topological polar surface area (TPSA) is 26.0 Å². The van der Waals surface area contributed by atoms with E-state index in [0.29, 0.717) is 12.3 Å². The van der Waals surface area contributed by atoms with Crippen molar-refractivity contribution in [3.8, 4) is 0 Å². The predicted molar refractivity (Wildman–Crippen MR) is 69.6 cm³/mol. The van der Waals surface area contributed by atoms with Crippen LogP contribution in [0.15, 0.2) is 12.1 Å². The van der Waals surface area contributed by atoms with Gasteiger partial charge in [0.15, 0.2) is 0 Å². The number of rotatable bonds is 4. The highest BCUT2D eigenvalue weighted by Crippen LogP contribution is 2.28. The van der Waals surface area contributed by atoms with E-state index in [9.17, 15) is 8.78 Å². The van der Waals surface area contributed by atoms with E-state index in [1.54, 1.807) is 0 Å². The lowest BCUT2D eigenvalue weighted by molar-refractivity contribution is 0.469. The zero-order valence-corrected chi connectivity index (χ0v) is 11.4. The van der Waals surface area contributed by atoms with Crippen LogP contribution in [0.4, 0.5) is 8.78 Å². The fraction of sp³-hybridized carbons (Fsp3) is 0.500. The number of halogens is 4. The quantitative estimate of drug-likeness (QED) is 0.811. The summed E-state index contributed by atoms with van der Waals surface area (Å²) < 4.78 is 27.0. The summed E-state index contributed by atoms with van der Waals surface area (Å²) in [6, 6.07) is 1.71. The molecule has 0 spiro atoms. The Bertz CT molecular complexity index is 370. The summed E-state index contributed by atoms with van der Waals surface area (Å²) in [5.41, 5.74) is 5.67. The van der Waals surface area contributed by atoms with E-state index < -0.39 is 17.7 Å². The summed E-state index contributed by atoms with van der Waals surface area (Å²) in [6.07, 6.45) is 1.37. The van der Waals surface area contributed by atoms with Crippen LogP contribution in [0.1, 0.15) is 38.3 Å². The minimum absolute atomic E-state index is 0. The molecule has 1 rings (SSSR count). The van der Waals surface area contributed by atoms with E-state index in [1.165, 1.54) is 6.07 Å². The van der Waals surface area contributed by atoms with Crippen molar-refractivity contribution >= 4 is 24.0 Å². The van der Waals surface area contributed by atoms with E-state index in [0.717, 1.165) is 12.5 Å². The third-order valence-electron chi connectivity index (χ3n) is 2.51. The van der Waals surface area contributed by atoms with Gasteiger partial charge in [-0.05, 0) is 30.9 Å². The van der Waals surface area contributed by atoms with Crippen LogP contribution in [-0.2, 0) is 0 Å². The Morgan fingerprint density at radius 3 is 2.35 bits per heavy atom. The van der Waals surface area contributed by atoms with E-state index >= 15 is 0 Å². The third-order valence-corrected chi connectivity index (χ3v) is 2.80. The molecule has 0 aliphatic rings. The van der Waals surface area contributed by atoms with Crippen LogP contribution in [0.3, 0.4) is 0 Å². The standard InChI is InChI=1S/C12H16ClF2N.ClH/c1-7(2)3-6-10(16)11-9(14)5-4-8(13)12(11)15;/h4-5,7,10H,3,6,16H2,1-2H3;1H/t10-;/m1./s1. The molecule has 0 aliphatic carbocycles. The van der Waals surface area contributed by atoms with E-state index in [2.05, 4.69) is 0 Å². The van der Waals surface area contributed by atoms with E-state index in [-0.39, 0.29) is 23.0 Å². The second-order valence-corrected chi connectivity index (χ2v) is 4.74. The summed E-state index contributed by atoms with van der Waals surface area (Å²) >= 11 is 5.60. The summed E-state index contributed by atoms with van der Waals surface area (Å²) in [7, 11) is 0. The summed E-state index contributed by atoms with van der Waals surface area (Å²) in [6.45, 7) is 4.08. The van der Waals surface area contributed by atoms with Crippen molar-refractivity contribution in [1.29, 1.82) is 0 Å². The molecule has 0 saturated carbocycles. The van der Waals surface area contributed by atoms with Gasteiger partial charge in [-0.3, -0.25) is 0 Å². The van der Waals surface area contributed by atoms with Gasteiger partial charge in [-0.25, -0.2) is 8.78 Å². The van der Waals surface area contributed by atoms with Gasteiger partial charge < -0.3 is 5.73 Å². The number of hydrogen-bond donors (Lipinski definition) is 1. The smallest absolute Gasteiger partial charge is 0.149 e. The second kappa shape index (κ2) is 7.14. The van der Waals surface area contributed by atoms with Gasteiger partial charge in [-0.2, -0.15) is 0 Å². The predicted octanol–water partition coefficient (Wildman–Crippen LogP) is 4.48. The maximum atomic E-state index is 13.6. The Balaban J connectivity index is 0.00000256. The van der Waals surface area contributed by atoms with Crippen LogP contribution >= 0.6 is 24.0 Å². The first-order valence-electron chi connectivity index (χ1n) is 5.32. The largest absolute Gasteiger partial charge is 0.324 e. The summed E-state index contributed by atoms with van der Waals surface area (Å²) in [5.74, 6) is -0.910. The fourth-order valence-electron chi connectivity index (χ4n) is 1.54. The molecule has 0 radical (unpaired) electrons. The van der Waals surface area contributed by atoms with Crippen LogP contribution < -0.4 is 5.73 Å². The lowest BCUT2D eigenvalue weighted by Crippen LogP contribution is -2.15. The molecule has 0 aromatic heterocycles. The zero-order chi connectivity index (χ0) is 12.3. The van der Waals surface area contributed by atoms with Gasteiger partial charge >= 0.3 is 0 Å². The van der Waals surface area contributed by atoms with Crippen molar-refractivity contribution in [2.45, 2.75) is 32.7 Å². The molecule has 0 saturated heterocycles. The van der Waals surface area contributed by atoms with E-state index in [1.807, 2.05) is 13.8 Å². The molecule has 1 atom stereocenters. The van der Waals surface area contributed by atoms with Crippen molar-refractivity contribution in [3.05, 3.63) is 34.4 Å². The van der Waals surface area contributed by atoms with Gasteiger partial charge in [-0.1, -0.05) is 25.4 Å². The SMILES string of the molecule is CC(C)CC[C@@H](N)c1c(F)ccc(Cl)c1F.Cl. The Morgan fingerprint density at radius 1 is 1.24 bits per heavy atom. The molecule has 98 valence electrons. The van der Waals surface area contributed by atoms with Crippen LogP contribution in [0.2, 0.25) is 5.02 Å². The van der Waals surface area contributed by atoms with Gasteiger partial charge in [0.05, 0.1) is 5.02 Å². The van der Waals surface area contributed by atoms with E-state index in [4.69, 9.17) is 17.3 Å². The maximum absolute atomic E-state index is 13.6. The third kappa shape index (κ3) is 4.41. The van der Waals surface area contributed by atoms with Crippen molar-refractivity contribution < 1.29 is 8.78 Å². The monoisotopic (exact) mass is 283 g/mol. The van der Waals surface area contributed by atoms with Crippen molar-refractivity contribution in [3.63, 3.8) is 0 Å². The van der Waals surface area contributed by atoms with Crippen LogP contribution in [0.25, 0.3) is 0 Å². The maximum Gasteiger partial charge on any atom is 0.149 e. The molecule has 0 amide bonds. The second-order valence-electron chi connectivity index (χ2n) is 4.33. The Kier molecular flexibility index (Phi) is 6.98. The van der Waals surface area contributed by atoms with Gasteiger partial charge in [0.1, 0.15) is 11.6 Å². The lowest BCUT2D eigenvalue weighted by atomic mass is 9.97. The highest BCUT2D eigenvalue weighted by molar-refractivity contribution is 6.30. The van der Waals surface area contributed by atoms with Crippen LogP contribution in [0.5, 0.6) is 0 Å². The average molecular weight is 284 g/mol. The van der Waals surface area contributed by atoms with Crippen molar-refractivity contribution in [2.75, 3.05) is 0 Å². The molecule has 17 heavy (non-hydrogen) atoms. The minimum atomic E-state index is -0.738. The fourth-order valence-corrected chi connectivity index (χ4v) is 1.70. The first-order valence-corrected chi connectivity index (χ1v) is 5.70. The molecule has 0 heterocycles. The first-order chi connectivity index (χ1) is 7.43. The highest BCUT2D eigenvalue weighted by Gasteiger charge is 2.19. The Labute approximate surface area is 112 Å². The first kappa shape index (κ1) is 16.6. The molecule has 1 aromatic carbocycles. The number of hydrogen-bond acceptors (Lipinski definition) is 1. The van der Waals surface area contributed by atoms with Gasteiger partial charge in [0.25, 0.3) is 0 Å². The lowest BCUT2D eigenvalue weighted by Gasteiger charge is -2.15. The summed E-state index contributed by atoms with van der Waals surface area (Å²) in [4.78, 5) is 0. The number of benzene rings is 1. The van der Waals surface area contributed by atoms with Crippen molar-refractivity contribution in [2.24, 2.45) is 11.7 Å². The molecule has 5 heteroatoms. The molecule has 0 fully saturated rings. The van der Waals surface area contributed by atoms with Gasteiger partial charge in [0, 0.05) is 11.6 Å². The number of nitrogens with two attached hydrogens (primary N) is 1. The highest BCUT2D eigenvalue weighted by atomic mass is 35.5. The Hall–Kier alpha value is -0.380. The molecular weight excluding hydrogens is 267 g/mol. The molecular formula is C12H17Cl2F2N. The molecule has 0 unspecified atom stereocenters. The van der Waals surface area contributed by atoms with Crippen LogP contribution in [-0.4, -0.2) is 0 Å². The molecule has 1 nitrogen and oxygen atoms in total. The Morgan fingerprint density at radius 2 is 1.82 bits per heavy atom. The molecule has 0 aliphatic heterocycles. The molecule has 1 aromatic rings. The molecule has 2 N–H and O–H groups in total.